The van der Waals surface area contributed by atoms with Gasteiger partial charge >= 0.3 is 0 Å². The van der Waals surface area contributed by atoms with Crippen LogP contribution >= 0.6 is 0 Å². The molecule has 5 rings (SSSR count). The minimum Gasteiger partial charge on any atom is -0.488 e. The molecule has 0 amide bonds. The van der Waals surface area contributed by atoms with Crippen LogP contribution in [0.25, 0.3) is 27.8 Å². The third-order valence-electron chi connectivity index (χ3n) is 3.85. The molecule has 0 saturated heterocycles. The number of rotatable bonds is 0. The summed E-state index contributed by atoms with van der Waals surface area (Å²) in [7, 11) is 0. The second kappa shape index (κ2) is 3.79. The monoisotopic (exact) mass is 274 g/mol. The van der Waals surface area contributed by atoms with Gasteiger partial charge < -0.3 is 4.74 Å². The van der Waals surface area contributed by atoms with Gasteiger partial charge in [0, 0.05) is 17.3 Å². The number of nitrogens with zero attached hydrogens (tertiary/aromatic N) is 4. The van der Waals surface area contributed by atoms with Gasteiger partial charge in [0.15, 0.2) is 0 Å². The molecular formula is C16H10N4O. The summed E-state index contributed by atoms with van der Waals surface area (Å²) in [6, 6.07) is 12.5. The number of ether oxygens (including phenoxy) is 1. The van der Waals surface area contributed by atoms with Crippen LogP contribution in [0.2, 0.25) is 0 Å². The highest BCUT2D eigenvalue weighted by Crippen LogP contribution is 2.38. The van der Waals surface area contributed by atoms with Gasteiger partial charge in [-0.3, -0.25) is 4.40 Å². The molecule has 1 aliphatic rings. The number of aromatic nitrogens is 4. The first-order valence-corrected chi connectivity index (χ1v) is 6.74. The molecule has 4 aromatic rings. The molecule has 0 spiro atoms. The lowest BCUT2D eigenvalue weighted by Crippen LogP contribution is -2.09. The van der Waals surface area contributed by atoms with Crippen molar-refractivity contribution in [3.8, 4) is 17.0 Å². The van der Waals surface area contributed by atoms with Gasteiger partial charge in [0.25, 0.3) is 5.78 Å². The lowest BCUT2D eigenvalue weighted by Gasteiger charge is -2.20. The van der Waals surface area contributed by atoms with Crippen molar-refractivity contribution >= 4 is 16.6 Å². The van der Waals surface area contributed by atoms with Crippen molar-refractivity contribution in [2.24, 2.45) is 0 Å². The maximum atomic E-state index is 5.89. The SMILES string of the molecule is c1ccc2cc3c(cc2c1)OCc1cn2cnnc2nc1-3. The van der Waals surface area contributed by atoms with E-state index in [0.717, 1.165) is 22.6 Å². The summed E-state index contributed by atoms with van der Waals surface area (Å²) in [6.45, 7) is 0.516. The molecule has 0 bridgehead atoms. The second-order valence-corrected chi connectivity index (χ2v) is 5.14. The van der Waals surface area contributed by atoms with Gasteiger partial charge in [-0.15, -0.1) is 10.2 Å². The molecule has 5 heteroatoms. The molecule has 0 aliphatic carbocycles. The van der Waals surface area contributed by atoms with Crippen molar-refractivity contribution in [2.45, 2.75) is 6.61 Å². The van der Waals surface area contributed by atoms with Gasteiger partial charge in [-0.25, -0.2) is 4.98 Å². The molecule has 0 fully saturated rings. The molecule has 2 aromatic carbocycles. The van der Waals surface area contributed by atoms with Crippen LogP contribution < -0.4 is 4.74 Å². The van der Waals surface area contributed by atoms with Gasteiger partial charge in [0.2, 0.25) is 0 Å². The smallest absolute Gasteiger partial charge is 0.255 e. The number of fused-ring (bicyclic) bond motifs is 5. The van der Waals surface area contributed by atoms with Gasteiger partial charge in [-0.2, -0.15) is 0 Å². The van der Waals surface area contributed by atoms with E-state index >= 15 is 0 Å². The molecule has 1 aliphatic heterocycles. The summed E-state index contributed by atoms with van der Waals surface area (Å²) in [4.78, 5) is 4.63. The standard InChI is InChI=1S/C16H10N4O/c1-2-4-11-6-14-13(5-10(11)3-1)15-12(8-21-14)7-20-9-17-19-16(20)18-15/h1-7,9H,8H2. The molecule has 3 heterocycles. The Morgan fingerprint density at radius 3 is 2.86 bits per heavy atom. The van der Waals surface area contributed by atoms with Crippen molar-refractivity contribution in [1.29, 1.82) is 0 Å². The number of hydrogen-bond donors (Lipinski definition) is 0. The fraction of sp³-hybridized carbons (Fsp3) is 0.0625. The molecule has 0 atom stereocenters. The van der Waals surface area contributed by atoms with Crippen LogP contribution in [0, 0.1) is 0 Å². The highest BCUT2D eigenvalue weighted by Gasteiger charge is 2.20. The summed E-state index contributed by atoms with van der Waals surface area (Å²) in [5.74, 6) is 1.48. The Labute approximate surface area is 119 Å². The summed E-state index contributed by atoms with van der Waals surface area (Å²) in [5.41, 5.74) is 2.99. The lowest BCUT2D eigenvalue weighted by molar-refractivity contribution is 0.301. The second-order valence-electron chi connectivity index (χ2n) is 5.14. The predicted molar refractivity (Wildman–Crippen MR) is 78.1 cm³/mol. The van der Waals surface area contributed by atoms with E-state index < -0.39 is 0 Å². The maximum Gasteiger partial charge on any atom is 0.255 e. The summed E-state index contributed by atoms with van der Waals surface area (Å²) in [5, 5.41) is 10.3. The van der Waals surface area contributed by atoms with Crippen LogP contribution in [-0.2, 0) is 6.61 Å². The third kappa shape index (κ3) is 1.48. The van der Waals surface area contributed by atoms with E-state index in [1.165, 1.54) is 10.8 Å². The zero-order chi connectivity index (χ0) is 13.8. The van der Waals surface area contributed by atoms with Crippen molar-refractivity contribution in [3.05, 3.63) is 54.5 Å². The van der Waals surface area contributed by atoms with Crippen LogP contribution in [0.3, 0.4) is 0 Å². The highest BCUT2D eigenvalue weighted by molar-refractivity contribution is 5.91. The van der Waals surface area contributed by atoms with Gasteiger partial charge in [-0.1, -0.05) is 24.3 Å². The average molecular weight is 274 g/mol. The molecule has 100 valence electrons. The first kappa shape index (κ1) is 10.8. The molecule has 5 nitrogen and oxygen atoms in total. The quantitative estimate of drug-likeness (QED) is 0.495. The molecule has 0 saturated carbocycles. The largest absolute Gasteiger partial charge is 0.488 e. The molecular weight excluding hydrogens is 264 g/mol. The number of benzene rings is 2. The van der Waals surface area contributed by atoms with Crippen molar-refractivity contribution in [3.63, 3.8) is 0 Å². The zero-order valence-corrected chi connectivity index (χ0v) is 11.0. The van der Waals surface area contributed by atoms with Crippen molar-refractivity contribution in [2.75, 3.05) is 0 Å². The molecule has 0 N–H and O–H groups in total. The topological polar surface area (TPSA) is 52.3 Å². The summed E-state index contributed by atoms with van der Waals surface area (Å²) < 4.78 is 7.70. The Balaban J connectivity index is 1.86. The van der Waals surface area contributed by atoms with Crippen LogP contribution in [0.15, 0.2) is 48.9 Å². The zero-order valence-electron chi connectivity index (χ0n) is 11.0. The number of hydrogen-bond acceptors (Lipinski definition) is 4. The van der Waals surface area contributed by atoms with Gasteiger partial charge in [0.05, 0.1) is 5.69 Å². The first-order chi connectivity index (χ1) is 10.4. The average Bonchev–Trinajstić information content (AvgIpc) is 2.98. The van der Waals surface area contributed by atoms with E-state index in [-0.39, 0.29) is 0 Å². The highest BCUT2D eigenvalue weighted by atomic mass is 16.5. The minimum absolute atomic E-state index is 0.516. The van der Waals surface area contributed by atoms with E-state index in [9.17, 15) is 0 Å². The van der Waals surface area contributed by atoms with Crippen molar-refractivity contribution in [1.82, 2.24) is 19.6 Å². The minimum atomic E-state index is 0.516. The third-order valence-corrected chi connectivity index (χ3v) is 3.85. The fourth-order valence-corrected chi connectivity index (χ4v) is 2.83. The van der Waals surface area contributed by atoms with Gasteiger partial charge in [-0.05, 0) is 22.9 Å². The lowest BCUT2D eigenvalue weighted by atomic mass is 9.99. The van der Waals surface area contributed by atoms with E-state index in [4.69, 9.17) is 4.74 Å². The van der Waals surface area contributed by atoms with E-state index in [1.807, 2.05) is 22.7 Å². The fourth-order valence-electron chi connectivity index (χ4n) is 2.83. The normalized spacial score (nSPS) is 13.0. The molecule has 0 radical (unpaired) electrons. The van der Waals surface area contributed by atoms with Crippen molar-refractivity contribution < 1.29 is 4.74 Å². The molecule has 0 unspecified atom stereocenters. The molecule has 21 heavy (non-hydrogen) atoms. The van der Waals surface area contributed by atoms with Crippen LogP contribution in [0.5, 0.6) is 5.75 Å². The maximum absolute atomic E-state index is 5.89. The van der Waals surface area contributed by atoms with Crippen LogP contribution in [0.1, 0.15) is 5.56 Å². The Morgan fingerprint density at radius 2 is 1.95 bits per heavy atom. The van der Waals surface area contributed by atoms with E-state index in [1.54, 1.807) is 6.33 Å². The van der Waals surface area contributed by atoms with Gasteiger partial charge in [0.1, 0.15) is 18.7 Å². The molecule has 2 aromatic heterocycles. The first-order valence-electron chi connectivity index (χ1n) is 6.74. The summed E-state index contributed by atoms with van der Waals surface area (Å²) >= 11 is 0. The van der Waals surface area contributed by atoms with E-state index in [2.05, 4.69) is 39.4 Å². The van der Waals surface area contributed by atoms with Crippen LogP contribution in [0.4, 0.5) is 0 Å². The summed E-state index contributed by atoms with van der Waals surface area (Å²) in [6.07, 6.45) is 3.63. The van der Waals surface area contributed by atoms with E-state index in [0.29, 0.717) is 12.4 Å². The Kier molecular flexibility index (Phi) is 1.95. The van der Waals surface area contributed by atoms with Crippen LogP contribution in [-0.4, -0.2) is 19.6 Å². The Hall–Kier alpha value is -2.95. The Bertz CT molecular complexity index is 1010. The Morgan fingerprint density at radius 1 is 1.10 bits per heavy atom. The predicted octanol–water partition coefficient (Wildman–Crippen LogP) is 2.84.